The fourth-order valence-corrected chi connectivity index (χ4v) is 16.7. The van der Waals surface area contributed by atoms with Gasteiger partial charge in [-0.3, -0.25) is 4.79 Å². The SMILES string of the molecule is CCCCCCCCCCCCOc1cc(C#Cc2[nH]c(C(=O)/C=C(\OB(F)F)c3[nH]c(C#Cc4cc(OCCCCCCCCCCCC)c(OCCCCCCCCCCCC)c(OCCCCCCCCCCCC)c4)c(CC)c3CC)c(CC)c2CC)cc(OCCCCCCCCCCCC)c1OCCCCCCCCCCCC. The molecule has 0 radical (unpaired) electrons. The van der Waals surface area contributed by atoms with Gasteiger partial charge in [-0.25, -0.2) is 8.63 Å². The van der Waals surface area contributed by atoms with Gasteiger partial charge < -0.3 is 43.0 Å². The first-order chi connectivity index (χ1) is 59.1. The second kappa shape index (κ2) is 73.4. The van der Waals surface area contributed by atoms with Gasteiger partial charge in [-0.1, -0.05) is 428 Å². The van der Waals surface area contributed by atoms with Crippen LogP contribution in [0.4, 0.5) is 8.63 Å². The second-order valence-corrected chi connectivity index (χ2v) is 34.6. The number of aromatic amines is 2. The molecule has 0 spiro atoms. The Balaban J connectivity index is 1.77. The van der Waals surface area contributed by atoms with Crippen molar-refractivity contribution in [2.75, 3.05) is 39.6 Å². The van der Waals surface area contributed by atoms with Crippen LogP contribution in [0.1, 0.15) is 515 Å². The van der Waals surface area contributed by atoms with Gasteiger partial charge in [0.25, 0.3) is 0 Å². The number of H-pyrrole nitrogens is 2. The maximum Gasteiger partial charge on any atom is 0.796 e. The number of halogens is 2. The summed E-state index contributed by atoms with van der Waals surface area (Å²) >= 11 is 0. The van der Waals surface area contributed by atoms with Gasteiger partial charge in [0.05, 0.1) is 62.4 Å². The van der Waals surface area contributed by atoms with E-state index in [2.05, 4.69) is 82.1 Å². The Bertz CT molecular complexity index is 3250. The first kappa shape index (κ1) is 106. The largest absolute Gasteiger partial charge is 0.796 e. The van der Waals surface area contributed by atoms with E-state index in [0.717, 1.165) is 99.3 Å². The third-order valence-corrected chi connectivity index (χ3v) is 24.0. The van der Waals surface area contributed by atoms with Gasteiger partial charge in [0.1, 0.15) is 5.76 Å². The van der Waals surface area contributed by atoms with Crippen molar-refractivity contribution in [2.45, 2.75) is 480 Å². The Labute approximate surface area is 735 Å². The molecule has 2 aromatic heterocycles. The number of hydrogen-bond acceptors (Lipinski definition) is 8. The zero-order chi connectivity index (χ0) is 86.2. The summed E-state index contributed by atoms with van der Waals surface area (Å²) in [6.45, 7) is 25.1. The van der Waals surface area contributed by atoms with Crippen LogP contribution >= 0.6 is 0 Å². The molecule has 2 aromatic carbocycles. The quantitative estimate of drug-likeness (QED) is 0.0112. The molecular weight excluding hydrogens is 1490 g/mol. The fraction of sp³-hybridized carbons (Fsp3) is 0.748. The molecule has 4 rings (SSSR count). The average Bonchev–Trinajstić information content (AvgIpc) is 1.65. The lowest BCUT2D eigenvalue weighted by Crippen LogP contribution is -2.09. The number of ether oxygens (including phenoxy) is 6. The van der Waals surface area contributed by atoms with E-state index < -0.39 is 13.3 Å². The van der Waals surface area contributed by atoms with Gasteiger partial charge >= 0.3 is 7.47 Å². The van der Waals surface area contributed by atoms with Crippen LogP contribution in [0.5, 0.6) is 34.5 Å². The molecule has 0 saturated carbocycles. The molecule has 0 saturated heterocycles. The van der Waals surface area contributed by atoms with E-state index in [1.54, 1.807) is 0 Å². The zero-order valence-corrected chi connectivity index (χ0v) is 79.0. The zero-order valence-electron chi connectivity index (χ0n) is 79.0. The number of nitrogens with one attached hydrogen (secondary N) is 2. The smallest absolute Gasteiger partial charge is 0.503 e. The third kappa shape index (κ3) is 47.8. The molecular formula is C107H177BF2N2O8. The van der Waals surface area contributed by atoms with Crippen molar-refractivity contribution >= 4 is 19.0 Å². The van der Waals surface area contributed by atoms with Crippen LogP contribution in [0.2, 0.25) is 0 Å². The molecule has 0 aliphatic heterocycles. The molecule has 2 N–H and O–H groups in total. The first-order valence-corrected chi connectivity index (χ1v) is 50.9. The number of carbonyl (C=O) groups is 1. The topological polar surface area (TPSA) is 113 Å². The summed E-state index contributed by atoms with van der Waals surface area (Å²) in [4.78, 5) is 22.0. The summed E-state index contributed by atoms with van der Waals surface area (Å²) in [7, 11) is -3.22. The van der Waals surface area contributed by atoms with Crippen molar-refractivity contribution in [3.8, 4) is 58.2 Å². The lowest BCUT2D eigenvalue weighted by molar-refractivity contribution is 0.104. The van der Waals surface area contributed by atoms with Crippen molar-refractivity contribution < 1.29 is 46.5 Å². The van der Waals surface area contributed by atoms with Crippen molar-refractivity contribution in [3.63, 3.8) is 0 Å². The standard InChI is InChI=1S/C107H177BF2N2O8/c1-11-21-27-33-39-45-51-57-63-69-79-114-100-85-90(86-101(115-80-70-64-58-52-46-40-34-28-22-12-2)106(100)118-83-73-67-61-55-49-43-37-31-25-15-5)75-77-96-92(17-7)94(19-9)104(111-96)98(113)89-99(120-108(109)110)105-95(20-10)93(18-8)97(112-105)78-76-91-87-102(116-81-71-65-59-53-47-41-35-29-23-13-3)107(119-84-74-68-62-56-50-44-38-32-26-16-6)103(88-91)117-82-72-66-60-54-48-42-36-30-24-14-4/h85-89,111-112H,11-74,79-84H2,1-10H3/b99-89-. The Kier molecular flexibility index (Phi) is 65.1. The normalized spacial score (nSPS) is 11.4. The number of unbranched alkanes of at least 4 members (excludes halogenated alkanes) is 54. The maximum atomic E-state index is 15.1. The predicted octanol–water partition coefficient (Wildman–Crippen LogP) is 33.4. The molecule has 0 unspecified atom stereocenters. The van der Waals surface area contributed by atoms with Crippen molar-refractivity contribution in [1.82, 2.24) is 9.97 Å². The van der Waals surface area contributed by atoms with Crippen LogP contribution in [0, 0.1) is 23.7 Å². The van der Waals surface area contributed by atoms with Crippen LogP contribution in [-0.2, 0) is 30.3 Å². The molecule has 0 bridgehead atoms. The average molecular weight is 1670 g/mol. The molecule has 0 aliphatic rings. The van der Waals surface area contributed by atoms with Crippen LogP contribution in [0.15, 0.2) is 30.3 Å². The van der Waals surface area contributed by atoms with E-state index in [-0.39, 0.29) is 5.76 Å². The number of hydrogen-bond donors (Lipinski definition) is 2. The first-order valence-electron chi connectivity index (χ1n) is 50.9. The highest BCUT2D eigenvalue weighted by Crippen LogP contribution is 2.42. The Morgan fingerprint density at radius 3 is 0.717 bits per heavy atom. The minimum absolute atomic E-state index is 0.252. The summed E-state index contributed by atoms with van der Waals surface area (Å²) < 4.78 is 76.2. The Hall–Kier alpha value is -5.95. The summed E-state index contributed by atoms with van der Waals surface area (Å²) in [6, 6.07) is 7.97. The highest BCUT2D eigenvalue weighted by Gasteiger charge is 2.28. The van der Waals surface area contributed by atoms with Gasteiger partial charge in [-0.05, 0) is 123 Å². The van der Waals surface area contributed by atoms with Crippen LogP contribution in [0.3, 0.4) is 0 Å². The molecule has 4 aromatic rings. The highest BCUT2D eigenvalue weighted by molar-refractivity contribution is 6.36. The molecule has 0 fully saturated rings. The minimum Gasteiger partial charge on any atom is -0.503 e. The van der Waals surface area contributed by atoms with Crippen LogP contribution < -0.4 is 28.4 Å². The number of aromatic nitrogens is 2. The third-order valence-electron chi connectivity index (χ3n) is 24.0. The minimum atomic E-state index is -3.22. The number of rotatable bonds is 81. The van der Waals surface area contributed by atoms with Gasteiger partial charge in [0, 0.05) is 17.2 Å². The molecule has 0 amide bonds. The summed E-state index contributed by atoms with van der Waals surface area (Å²) in [5.41, 5.74) is 6.47. The summed E-state index contributed by atoms with van der Waals surface area (Å²) in [5.74, 6) is 16.9. The van der Waals surface area contributed by atoms with E-state index in [1.165, 1.54) is 314 Å². The van der Waals surface area contributed by atoms with Crippen molar-refractivity contribution in [3.05, 3.63) is 86.5 Å². The molecule has 120 heavy (non-hydrogen) atoms. The van der Waals surface area contributed by atoms with E-state index in [1.807, 2.05) is 45.0 Å². The fourth-order valence-electron chi connectivity index (χ4n) is 16.7. The predicted molar refractivity (Wildman–Crippen MR) is 509 cm³/mol. The van der Waals surface area contributed by atoms with Crippen LogP contribution in [0.25, 0.3) is 5.76 Å². The summed E-state index contributed by atoms with van der Waals surface area (Å²) in [5, 5.41) is 0. The maximum absolute atomic E-state index is 15.1. The summed E-state index contributed by atoms with van der Waals surface area (Å²) in [6.07, 6.45) is 77.4. The second-order valence-electron chi connectivity index (χ2n) is 34.6. The van der Waals surface area contributed by atoms with Crippen molar-refractivity contribution in [2.24, 2.45) is 0 Å². The van der Waals surface area contributed by atoms with E-state index in [4.69, 9.17) is 33.1 Å². The molecule has 2 heterocycles. The number of benzene rings is 2. The van der Waals surface area contributed by atoms with E-state index in [0.29, 0.717) is 134 Å². The molecule has 0 aliphatic carbocycles. The van der Waals surface area contributed by atoms with Gasteiger partial charge in [0.15, 0.2) is 23.0 Å². The van der Waals surface area contributed by atoms with Crippen molar-refractivity contribution in [1.29, 1.82) is 0 Å². The number of carbonyl (C=O) groups excluding carboxylic acids is 1. The Morgan fingerprint density at radius 1 is 0.283 bits per heavy atom. The van der Waals surface area contributed by atoms with E-state index >= 15 is 13.4 Å². The molecule has 680 valence electrons. The van der Waals surface area contributed by atoms with E-state index in [9.17, 15) is 0 Å². The van der Waals surface area contributed by atoms with Gasteiger partial charge in [-0.15, -0.1) is 0 Å². The lowest BCUT2D eigenvalue weighted by Gasteiger charge is -2.18. The number of ketones is 1. The Morgan fingerprint density at radius 2 is 0.492 bits per heavy atom. The van der Waals surface area contributed by atoms with Gasteiger partial charge in [0.2, 0.25) is 17.3 Å². The molecule has 10 nitrogen and oxygen atoms in total. The monoisotopic (exact) mass is 1670 g/mol. The van der Waals surface area contributed by atoms with Crippen LogP contribution in [-0.4, -0.2) is 62.9 Å². The molecule has 0 atom stereocenters. The molecule has 13 heteroatoms. The number of allylic oxidation sites excluding steroid dienone is 1. The lowest BCUT2D eigenvalue weighted by atomic mass is 10.00. The van der Waals surface area contributed by atoms with Gasteiger partial charge in [-0.2, -0.15) is 0 Å². The highest BCUT2D eigenvalue weighted by atomic mass is 19.2.